The molecular formula is C26H23FN2O3. The molecule has 0 atom stereocenters. The van der Waals surface area contributed by atoms with Gasteiger partial charge in [0.05, 0.1) is 19.2 Å². The topological polar surface area (TPSA) is 58.6 Å². The van der Waals surface area contributed by atoms with Gasteiger partial charge in [0.15, 0.2) is 0 Å². The van der Waals surface area contributed by atoms with E-state index in [1.165, 1.54) is 29.2 Å². The van der Waals surface area contributed by atoms with Gasteiger partial charge in [-0.1, -0.05) is 42.5 Å². The van der Waals surface area contributed by atoms with E-state index in [0.29, 0.717) is 16.9 Å². The van der Waals surface area contributed by atoms with E-state index in [4.69, 9.17) is 4.74 Å². The zero-order valence-corrected chi connectivity index (χ0v) is 18.1. The van der Waals surface area contributed by atoms with Crippen molar-refractivity contribution in [3.05, 3.63) is 100 Å². The van der Waals surface area contributed by atoms with E-state index in [9.17, 15) is 14.0 Å². The summed E-state index contributed by atoms with van der Waals surface area (Å²) in [6, 6.07) is 18.7. The molecule has 32 heavy (non-hydrogen) atoms. The van der Waals surface area contributed by atoms with Crippen LogP contribution in [0.1, 0.15) is 22.3 Å². The van der Waals surface area contributed by atoms with Crippen LogP contribution in [-0.2, 0) is 16.1 Å². The fourth-order valence-corrected chi connectivity index (χ4v) is 3.73. The van der Waals surface area contributed by atoms with Crippen LogP contribution in [-0.4, -0.2) is 23.8 Å². The molecule has 1 heterocycles. The molecular weight excluding hydrogens is 407 g/mol. The summed E-state index contributed by atoms with van der Waals surface area (Å²) < 4.78 is 18.9. The maximum Gasteiger partial charge on any atom is 0.278 e. The zero-order chi connectivity index (χ0) is 22.8. The van der Waals surface area contributed by atoms with Crippen molar-refractivity contribution in [2.24, 2.45) is 0 Å². The standard InChI is InChI=1S/C26H23FN2O3/c1-16-8-9-17(2)21(14-16)28-24-23(18-10-12-20(27)13-11-18)25(30)29(26(24)31)15-19-6-4-5-7-22(19)32-3/h4-14,28H,15H2,1-3H3. The fraction of sp³-hybridized carbons (Fsp3) is 0.154. The summed E-state index contributed by atoms with van der Waals surface area (Å²) in [5, 5.41) is 3.18. The maximum absolute atomic E-state index is 13.5. The Morgan fingerprint density at radius 1 is 0.938 bits per heavy atom. The van der Waals surface area contributed by atoms with Gasteiger partial charge in [-0.15, -0.1) is 0 Å². The van der Waals surface area contributed by atoms with Gasteiger partial charge in [0.2, 0.25) is 0 Å². The highest BCUT2D eigenvalue weighted by molar-refractivity contribution is 6.36. The molecule has 0 bridgehead atoms. The number of aryl methyl sites for hydroxylation is 2. The second-order valence-corrected chi connectivity index (χ2v) is 7.71. The molecule has 6 heteroatoms. The number of benzene rings is 3. The van der Waals surface area contributed by atoms with Crippen LogP contribution < -0.4 is 10.1 Å². The van der Waals surface area contributed by atoms with Gasteiger partial charge < -0.3 is 10.1 Å². The quantitative estimate of drug-likeness (QED) is 0.569. The van der Waals surface area contributed by atoms with E-state index in [2.05, 4.69) is 5.32 Å². The van der Waals surface area contributed by atoms with Crippen molar-refractivity contribution in [2.45, 2.75) is 20.4 Å². The van der Waals surface area contributed by atoms with Crippen molar-refractivity contribution in [1.82, 2.24) is 4.90 Å². The van der Waals surface area contributed by atoms with Crippen LogP contribution in [0.3, 0.4) is 0 Å². The summed E-state index contributed by atoms with van der Waals surface area (Å²) in [5.41, 5.74) is 4.26. The number of ether oxygens (including phenoxy) is 1. The lowest BCUT2D eigenvalue weighted by Gasteiger charge is -2.17. The Balaban J connectivity index is 1.78. The summed E-state index contributed by atoms with van der Waals surface area (Å²) in [6.45, 7) is 3.94. The molecule has 0 unspecified atom stereocenters. The molecule has 0 saturated heterocycles. The van der Waals surface area contributed by atoms with Crippen LogP contribution in [0.25, 0.3) is 5.57 Å². The van der Waals surface area contributed by atoms with Crippen LogP contribution in [0.2, 0.25) is 0 Å². The van der Waals surface area contributed by atoms with Crippen molar-refractivity contribution in [3.8, 4) is 5.75 Å². The Hall–Kier alpha value is -3.93. The van der Waals surface area contributed by atoms with E-state index in [0.717, 1.165) is 16.8 Å². The lowest BCUT2D eigenvalue weighted by Crippen LogP contribution is -2.32. The minimum Gasteiger partial charge on any atom is -0.496 e. The van der Waals surface area contributed by atoms with Gasteiger partial charge >= 0.3 is 0 Å². The lowest BCUT2D eigenvalue weighted by atomic mass is 10.0. The molecule has 1 N–H and O–H groups in total. The van der Waals surface area contributed by atoms with Gasteiger partial charge in [-0.25, -0.2) is 4.39 Å². The van der Waals surface area contributed by atoms with E-state index in [1.807, 2.05) is 50.2 Å². The second-order valence-electron chi connectivity index (χ2n) is 7.71. The van der Waals surface area contributed by atoms with Gasteiger partial charge in [-0.3, -0.25) is 14.5 Å². The van der Waals surface area contributed by atoms with Crippen LogP contribution in [0.15, 0.2) is 72.4 Å². The molecule has 0 aromatic heterocycles. The van der Waals surface area contributed by atoms with E-state index >= 15 is 0 Å². The third kappa shape index (κ3) is 3.99. The summed E-state index contributed by atoms with van der Waals surface area (Å²) in [5.74, 6) is -0.713. The van der Waals surface area contributed by atoms with Crippen molar-refractivity contribution < 1.29 is 18.7 Å². The number of anilines is 1. The van der Waals surface area contributed by atoms with Crippen molar-refractivity contribution in [1.29, 1.82) is 0 Å². The Morgan fingerprint density at radius 3 is 2.38 bits per heavy atom. The number of para-hydroxylation sites is 1. The minimum absolute atomic E-state index is 0.0599. The number of imide groups is 1. The number of rotatable bonds is 6. The number of nitrogens with zero attached hydrogens (tertiary/aromatic N) is 1. The first-order valence-corrected chi connectivity index (χ1v) is 10.2. The molecule has 1 aliphatic rings. The number of halogens is 1. The Morgan fingerprint density at radius 2 is 1.66 bits per heavy atom. The number of amides is 2. The van der Waals surface area contributed by atoms with Gasteiger partial charge in [-0.2, -0.15) is 0 Å². The van der Waals surface area contributed by atoms with E-state index in [-0.39, 0.29) is 17.8 Å². The summed E-state index contributed by atoms with van der Waals surface area (Å²) in [7, 11) is 1.54. The first kappa shape index (κ1) is 21.3. The lowest BCUT2D eigenvalue weighted by molar-refractivity contribution is -0.137. The highest BCUT2D eigenvalue weighted by Gasteiger charge is 2.39. The first-order valence-electron chi connectivity index (χ1n) is 10.2. The third-order valence-corrected chi connectivity index (χ3v) is 5.47. The van der Waals surface area contributed by atoms with Crippen LogP contribution in [0.4, 0.5) is 10.1 Å². The molecule has 0 fully saturated rings. The molecule has 3 aromatic rings. The van der Waals surface area contributed by atoms with Gasteiger partial charge in [0, 0.05) is 11.3 Å². The summed E-state index contributed by atoms with van der Waals surface area (Å²) >= 11 is 0. The number of methoxy groups -OCH3 is 1. The van der Waals surface area contributed by atoms with Crippen molar-refractivity contribution >= 4 is 23.1 Å². The smallest absolute Gasteiger partial charge is 0.278 e. The zero-order valence-electron chi connectivity index (χ0n) is 18.1. The van der Waals surface area contributed by atoms with E-state index in [1.54, 1.807) is 13.2 Å². The molecule has 0 saturated carbocycles. The van der Waals surface area contributed by atoms with Gasteiger partial charge in [0.1, 0.15) is 17.3 Å². The van der Waals surface area contributed by atoms with Crippen molar-refractivity contribution in [3.63, 3.8) is 0 Å². The average Bonchev–Trinajstić information content (AvgIpc) is 3.01. The number of nitrogens with one attached hydrogen (secondary N) is 1. The molecule has 2 amide bonds. The SMILES string of the molecule is COc1ccccc1CN1C(=O)C(Nc2cc(C)ccc2C)=C(c2ccc(F)cc2)C1=O. The monoisotopic (exact) mass is 430 g/mol. The van der Waals surface area contributed by atoms with Crippen molar-refractivity contribution in [2.75, 3.05) is 12.4 Å². The predicted molar refractivity (Wildman–Crippen MR) is 121 cm³/mol. The van der Waals surface area contributed by atoms with Crippen LogP contribution in [0.5, 0.6) is 5.75 Å². The molecule has 162 valence electrons. The molecule has 0 aliphatic carbocycles. The number of hydrogen-bond acceptors (Lipinski definition) is 4. The number of carbonyl (C=O) groups excluding carboxylic acids is 2. The normalized spacial score (nSPS) is 13.7. The van der Waals surface area contributed by atoms with Gasteiger partial charge in [-0.05, 0) is 54.8 Å². The summed E-state index contributed by atoms with van der Waals surface area (Å²) in [6.07, 6.45) is 0. The fourth-order valence-electron chi connectivity index (χ4n) is 3.73. The second kappa shape index (κ2) is 8.67. The number of carbonyl (C=O) groups is 2. The predicted octanol–water partition coefficient (Wildman–Crippen LogP) is 4.84. The largest absolute Gasteiger partial charge is 0.496 e. The highest BCUT2D eigenvalue weighted by atomic mass is 19.1. The molecule has 5 nitrogen and oxygen atoms in total. The number of hydrogen-bond donors (Lipinski definition) is 1. The maximum atomic E-state index is 13.5. The van der Waals surface area contributed by atoms with E-state index < -0.39 is 17.6 Å². The molecule has 4 rings (SSSR count). The Bertz CT molecular complexity index is 1230. The Kier molecular flexibility index (Phi) is 5.77. The highest BCUT2D eigenvalue weighted by Crippen LogP contribution is 2.33. The van der Waals surface area contributed by atoms with Gasteiger partial charge in [0.25, 0.3) is 11.8 Å². The first-order chi connectivity index (χ1) is 15.4. The average molecular weight is 430 g/mol. The molecule has 3 aromatic carbocycles. The van der Waals surface area contributed by atoms with Crippen LogP contribution in [0, 0.1) is 19.7 Å². The molecule has 0 radical (unpaired) electrons. The minimum atomic E-state index is -0.444. The summed E-state index contributed by atoms with van der Waals surface area (Å²) in [4.78, 5) is 28.1. The third-order valence-electron chi connectivity index (χ3n) is 5.47. The molecule has 0 spiro atoms. The Labute approximate surface area is 186 Å². The van der Waals surface area contributed by atoms with Crippen LogP contribution >= 0.6 is 0 Å². The molecule has 1 aliphatic heterocycles.